The Morgan fingerprint density at radius 2 is 2.00 bits per heavy atom. The summed E-state index contributed by atoms with van der Waals surface area (Å²) < 4.78 is 5.63. The lowest BCUT2D eigenvalue weighted by Crippen LogP contribution is -2.69. The summed E-state index contributed by atoms with van der Waals surface area (Å²) in [5.74, 6) is -0.223. The normalized spacial score (nSPS) is 32.6. The van der Waals surface area contributed by atoms with Gasteiger partial charge in [0.15, 0.2) is 0 Å². The summed E-state index contributed by atoms with van der Waals surface area (Å²) in [4.78, 5) is 12.5. The fourth-order valence-corrected chi connectivity index (χ4v) is 3.70. The van der Waals surface area contributed by atoms with Crippen LogP contribution in [-0.4, -0.2) is 35.9 Å². The Morgan fingerprint density at radius 1 is 1.36 bits per heavy atom. The van der Waals surface area contributed by atoms with E-state index in [0.717, 1.165) is 19.3 Å². The molecular formula is C17H28N2O3. The highest BCUT2D eigenvalue weighted by Crippen LogP contribution is 2.51. The number of nitrogens with zero attached hydrogens (tertiary/aromatic N) is 1. The summed E-state index contributed by atoms with van der Waals surface area (Å²) in [5, 5.41) is 23.0. The van der Waals surface area contributed by atoms with Crippen molar-refractivity contribution in [3.8, 4) is 6.07 Å². The van der Waals surface area contributed by atoms with Gasteiger partial charge in [0.25, 0.3) is 0 Å². The van der Waals surface area contributed by atoms with Gasteiger partial charge in [0.05, 0.1) is 17.8 Å². The highest BCUT2D eigenvalue weighted by atomic mass is 16.5. The van der Waals surface area contributed by atoms with Crippen molar-refractivity contribution >= 4 is 5.91 Å². The van der Waals surface area contributed by atoms with Crippen molar-refractivity contribution < 1.29 is 14.6 Å². The van der Waals surface area contributed by atoms with Crippen LogP contribution in [0.2, 0.25) is 0 Å². The van der Waals surface area contributed by atoms with E-state index >= 15 is 0 Å². The third kappa shape index (κ3) is 2.75. The quantitative estimate of drug-likeness (QED) is 0.815. The van der Waals surface area contributed by atoms with Crippen LogP contribution >= 0.6 is 0 Å². The topological polar surface area (TPSA) is 82.3 Å². The van der Waals surface area contributed by atoms with Crippen molar-refractivity contribution in [2.24, 2.45) is 10.8 Å². The number of carbonyl (C=O) groups is 1. The number of ether oxygens (including phenoxy) is 1. The minimum absolute atomic E-state index is 0.0130. The summed E-state index contributed by atoms with van der Waals surface area (Å²) in [6.45, 7) is 6.67. The van der Waals surface area contributed by atoms with Crippen LogP contribution in [0.3, 0.4) is 0 Å². The Balaban J connectivity index is 1.95. The lowest BCUT2D eigenvalue weighted by molar-refractivity contribution is -0.238. The van der Waals surface area contributed by atoms with Crippen LogP contribution in [0.1, 0.15) is 59.3 Å². The molecule has 0 radical (unpaired) electrons. The first-order chi connectivity index (χ1) is 10.3. The number of carbonyl (C=O) groups excluding carboxylic acids is 1. The molecule has 2 saturated carbocycles. The largest absolute Gasteiger partial charge is 0.387 e. The summed E-state index contributed by atoms with van der Waals surface area (Å²) in [5.41, 5.74) is -2.27. The van der Waals surface area contributed by atoms with Gasteiger partial charge in [-0.25, -0.2) is 0 Å². The molecule has 0 aliphatic heterocycles. The average Bonchev–Trinajstić information content (AvgIpc) is 2.53. The van der Waals surface area contributed by atoms with E-state index in [0.29, 0.717) is 25.9 Å². The van der Waals surface area contributed by atoms with Crippen molar-refractivity contribution in [1.82, 2.24) is 5.32 Å². The minimum atomic E-state index is -0.964. The first-order valence-electron chi connectivity index (χ1n) is 8.35. The van der Waals surface area contributed by atoms with Gasteiger partial charge in [-0.15, -0.1) is 0 Å². The van der Waals surface area contributed by atoms with Gasteiger partial charge in [0.2, 0.25) is 5.91 Å². The molecule has 5 heteroatoms. The summed E-state index contributed by atoms with van der Waals surface area (Å²) >= 11 is 0. The standard InChI is InChI=1S/C17H28N2O3/c1-4-22-13-10-17(21,15(13,2)3)12-19-14(20)16(11-18)8-6-5-7-9-16/h13,21H,4-10,12H2,1-3H3,(H,19,20)/t13-,17-/m1/s1. The van der Waals surface area contributed by atoms with E-state index in [9.17, 15) is 15.2 Å². The van der Waals surface area contributed by atoms with Gasteiger partial charge in [0, 0.05) is 25.0 Å². The van der Waals surface area contributed by atoms with Gasteiger partial charge in [0.1, 0.15) is 5.41 Å². The maximum atomic E-state index is 12.5. The van der Waals surface area contributed by atoms with Crippen molar-refractivity contribution in [2.45, 2.75) is 71.0 Å². The Labute approximate surface area is 133 Å². The van der Waals surface area contributed by atoms with Crippen LogP contribution < -0.4 is 5.32 Å². The van der Waals surface area contributed by atoms with Crippen LogP contribution in [0.25, 0.3) is 0 Å². The summed E-state index contributed by atoms with van der Waals surface area (Å²) in [7, 11) is 0. The van der Waals surface area contributed by atoms with Crippen molar-refractivity contribution in [2.75, 3.05) is 13.2 Å². The third-order valence-electron chi connectivity index (χ3n) is 5.79. The molecule has 2 atom stereocenters. The van der Waals surface area contributed by atoms with Crippen LogP contribution in [0, 0.1) is 22.2 Å². The number of nitrogens with one attached hydrogen (secondary N) is 1. The van der Waals surface area contributed by atoms with E-state index in [2.05, 4.69) is 11.4 Å². The van der Waals surface area contributed by atoms with Crippen molar-refractivity contribution in [3.05, 3.63) is 0 Å². The molecule has 124 valence electrons. The second-order valence-electron chi connectivity index (χ2n) is 7.34. The molecule has 2 aliphatic carbocycles. The molecule has 0 spiro atoms. The molecule has 2 fully saturated rings. The fraction of sp³-hybridized carbons (Fsp3) is 0.882. The van der Waals surface area contributed by atoms with Gasteiger partial charge < -0.3 is 15.2 Å². The Morgan fingerprint density at radius 3 is 2.50 bits per heavy atom. The highest BCUT2D eigenvalue weighted by Gasteiger charge is 2.60. The zero-order valence-corrected chi connectivity index (χ0v) is 13.9. The fourth-order valence-electron chi connectivity index (χ4n) is 3.70. The number of aliphatic hydroxyl groups is 1. The molecule has 2 N–H and O–H groups in total. The minimum Gasteiger partial charge on any atom is -0.387 e. The van der Waals surface area contributed by atoms with Gasteiger partial charge >= 0.3 is 0 Å². The smallest absolute Gasteiger partial charge is 0.240 e. The molecule has 0 saturated heterocycles. The van der Waals surface area contributed by atoms with Gasteiger partial charge in [-0.2, -0.15) is 5.26 Å². The summed E-state index contributed by atoms with van der Waals surface area (Å²) in [6.07, 6.45) is 4.71. The molecule has 0 unspecified atom stereocenters. The molecule has 0 heterocycles. The first kappa shape index (κ1) is 17.2. The third-order valence-corrected chi connectivity index (χ3v) is 5.79. The maximum Gasteiger partial charge on any atom is 0.240 e. The molecule has 0 aromatic carbocycles. The van der Waals surface area contributed by atoms with Crippen LogP contribution in [0.15, 0.2) is 0 Å². The average molecular weight is 308 g/mol. The lowest BCUT2D eigenvalue weighted by Gasteiger charge is -2.58. The van der Waals surface area contributed by atoms with Gasteiger partial charge in [-0.1, -0.05) is 33.1 Å². The van der Waals surface area contributed by atoms with Crippen molar-refractivity contribution in [1.29, 1.82) is 5.26 Å². The van der Waals surface area contributed by atoms with E-state index in [1.54, 1.807) is 0 Å². The number of amides is 1. The van der Waals surface area contributed by atoms with E-state index < -0.39 is 16.4 Å². The maximum absolute atomic E-state index is 12.5. The van der Waals surface area contributed by atoms with Gasteiger partial charge in [-0.05, 0) is 19.8 Å². The second kappa shape index (κ2) is 6.17. The molecule has 5 nitrogen and oxygen atoms in total. The van der Waals surface area contributed by atoms with Gasteiger partial charge in [-0.3, -0.25) is 4.79 Å². The Hall–Kier alpha value is -1.12. The molecule has 2 aliphatic rings. The number of nitriles is 1. The predicted octanol–water partition coefficient (Wildman–Crippen LogP) is 2.14. The lowest BCUT2D eigenvalue weighted by atomic mass is 9.56. The van der Waals surface area contributed by atoms with Crippen LogP contribution in [0.4, 0.5) is 0 Å². The predicted molar refractivity (Wildman–Crippen MR) is 82.9 cm³/mol. The number of hydrogen-bond acceptors (Lipinski definition) is 4. The first-order valence-corrected chi connectivity index (χ1v) is 8.35. The number of hydrogen-bond donors (Lipinski definition) is 2. The van der Waals surface area contributed by atoms with E-state index in [-0.39, 0.29) is 18.6 Å². The zero-order valence-electron chi connectivity index (χ0n) is 13.9. The van der Waals surface area contributed by atoms with Crippen molar-refractivity contribution in [3.63, 3.8) is 0 Å². The highest BCUT2D eigenvalue weighted by molar-refractivity contribution is 5.85. The molecular weight excluding hydrogens is 280 g/mol. The van der Waals surface area contributed by atoms with E-state index in [4.69, 9.17) is 4.74 Å². The molecule has 1 amide bonds. The zero-order chi connectivity index (χ0) is 16.4. The Bertz CT molecular complexity index is 463. The van der Waals surface area contributed by atoms with Crippen LogP contribution in [-0.2, 0) is 9.53 Å². The molecule has 0 aromatic rings. The monoisotopic (exact) mass is 308 g/mol. The van der Waals surface area contributed by atoms with E-state index in [1.807, 2.05) is 20.8 Å². The summed E-state index contributed by atoms with van der Waals surface area (Å²) in [6, 6.07) is 2.22. The SMILES string of the molecule is CCO[C@@H]1C[C@@](O)(CNC(=O)C2(C#N)CCCCC2)C1(C)C. The molecule has 0 bridgehead atoms. The number of rotatable bonds is 5. The second-order valence-corrected chi connectivity index (χ2v) is 7.34. The molecule has 2 rings (SSSR count). The van der Waals surface area contributed by atoms with E-state index in [1.165, 1.54) is 0 Å². The van der Waals surface area contributed by atoms with Crippen LogP contribution in [0.5, 0.6) is 0 Å². The Kier molecular flexibility index (Phi) is 4.84. The molecule has 22 heavy (non-hydrogen) atoms. The molecule has 0 aromatic heterocycles.